The highest BCUT2D eigenvalue weighted by molar-refractivity contribution is 7.89. The maximum absolute atomic E-state index is 12.8. The van der Waals surface area contributed by atoms with E-state index >= 15 is 0 Å². The summed E-state index contributed by atoms with van der Waals surface area (Å²) in [5, 5.41) is 12.8. The first-order valence-electron chi connectivity index (χ1n) is 7.23. The maximum atomic E-state index is 12.8. The Balaban J connectivity index is 1.78. The van der Waals surface area contributed by atoms with E-state index in [0.29, 0.717) is 24.6 Å². The van der Waals surface area contributed by atoms with Gasteiger partial charge in [-0.2, -0.15) is 9.57 Å². The van der Waals surface area contributed by atoms with E-state index in [0.717, 1.165) is 0 Å². The third kappa shape index (κ3) is 2.51. The van der Waals surface area contributed by atoms with Gasteiger partial charge in [0, 0.05) is 32.5 Å². The number of aromatic nitrogens is 3. The number of nitrogens with zero attached hydrogens (tertiary/aromatic N) is 6. The first-order chi connectivity index (χ1) is 11.4. The van der Waals surface area contributed by atoms with Crippen molar-refractivity contribution in [2.45, 2.75) is 24.8 Å². The summed E-state index contributed by atoms with van der Waals surface area (Å²) >= 11 is 0. The van der Waals surface area contributed by atoms with Crippen molar-refractivity contribution in [3.8, 4) is 6.07 Å². The lowest BCUT2D eigenvalue weighted by atomic mass is 10.1. The van der Waals surface area contributed by atoms with Crippen molar-refractivity contribution in [3.63, 3.8) is 0 Å². The average molecular weight is 348 g/mol. The molecule has 0 atom stereocenters. The zero-order valence-electron chi connectivity index (χ0n) is 13.5. The summed E-state index contributed by atoms with van der Waals surface area (Å²) in [5.41, 5.74) is 0.573. The van der Waals surface area contributed by atoms with Crippen molar-refractivity contribution in [2.24, 2.45) is 0 Å². The molecule has 0 aromatic carbocycles. The number of hydrogen-bond acceptors (Lipinski definition) is 8. The zero-order chi connectivity index (χ0) is 17.5. The van der Waals surface area contributed by atoms with E-state index in [4.69, 9.17) is 9.78 Å². The molecule has 24 heavy (non-hydrogen) atoms. The molecule has 9 nitrogen and oxygen atoms in total. The fraction of sp³-hybridized carbons (Fsp3) is 0.429. The minimum atomic E-state index is -3.69. The number of likely N-dealkylation sites (N-methyl/N-ethyl adjacent to an activating group) is 1. The second kappa shape index (κ2) is 5.85. The van der Waals surface area contributed by atoms with Gasteiger partial charge in [0.15, 0.2) is 17.3 Å². The average Bonchev–Trinajstić information content (AvgIpc) is 2.85. The Morgan fingerprint density at radius 1 is 1.33 bits per heavy atom. The largest absolute Gasteiger partial charge is 0.360 e. The number of nitriles is 1. The molecule has 0 radical (unpaired) electrons. The zero-order valence-corrected chi connectivity index (χ0v) is 14.3. The van der Waals surface area contributed by atoms with Crippen molar-refractivity contribution in [2.75, 3.05) is 25.0 Å². The van der Waals surface area contributed by atoms with Crippen molar-refractivity contribution in [1.29, 1.82) is 5.26 Å². The van der Waals surface area contributed by atoms with E-state index < -0.39 is 10.0 Å². The van der Waals surface area contributed by atoms with Gasteiger partial charge >= 0.3 is 0 Å². The second-order valence-corrected chi connectivity index (χ2v) is 7.51. The third-order valence-corrected chi connectivity index (χ3v) is 6.22. The molecule has 1 fully saturated rings. The third-order valence-electron chi connectivity index (χ3n) is 4.07. The van der Waals surface area contributed by atoms with E-state index in [-0.39, 0.29) is 22.4 Å². The van der Waals surface area contributed by atoms with Gasteiger partial charge in [-0.3, -0.25) is 0 Å². The van der Waals surface area contributed by atoms with Gasteiger partial charge in [-0.1, -0.05) is 5.16 Å². The van der Waals surface area contributed by atoms with Gasteiger partial charge in [0.2, 0.25) is 10.0 Å². The first-order valence-corrected chi connectivity index (χ1v) is 8.67. The van der Waals surface area contributed by atoms with Crippen LogP contribution in [0.15, 0.2) is 21.8 Å². The molecule has 0 amide bonds. The quantitative estimate of drug-likeness (QED) is 0.782. The minimum absolute atomic E-state index is 0.112. The van der Waals surface area contributed by atoms with Crippen LogP contribution in [0, 0.1) is 25.2 Å². The Labute approximate surface area is 139 Å². The van der Waals surface area contributed by atoms with Crippen molar-refractivity contribution >= 4 is 15.8 Å². The Hall–Kier alpha value is -2.51. The molecule has 3 rings (SSSR count). The molecular formula is C14H16N6O3S. The van der Waals surface area contributed by atoms with Crippen LogP contribution < -0.4 is 4.90 Å². The van der Waals surface area contributed by atoms with E-state index in [9.17, 15) is 8.42 Å². The molecule has 0 unspecified atom stereocenters. The van der Waals surface area contributed by atoms with Crippen LogP contribution >= 0.6 is 0 Å². The molecule has 0 spiro atoms. The summed E-state index contributed by atoms with van der Waals surface area (Å²) in [6, 6.07) is 1.76. The summed E-state index contributed by atoms with van der Waals surface area (Å²) < 4.78 is 31.8. The second-order valence-electron chi connectivity index (χ2n) is 5.57. The topological polar surface area (TPSA) is 116 Å². The van der Waals surface area contributed by atoms with Gasteiger partial charge in [0.25, 0.3) is 0 Å². The summed E-state index contributed by atoms with van der Waals surface area (Å²) in [6.07, 6.45) is 2.96. The molecule has 2 aromatic heterocycles. The molecular weight excluding hydrogens is 332 g/mol. The molecule has 0 bridgehead atoms. The molecule has 1 aliphatic rings. The molecule has 10 heteroatoms. The van der Waals surface area contributed by atoms with Crippen LogP contribution in [0.3, 0.4) is 0 Å². The van der Waals surface area contributed by atoms with Gasteiger partial charge in [0.1, 0.15) is 16.7 Å². The summed E-state index contributed by atoms with van der Waals surface area (Å²) in [7, 11) is -2.16. The maximum Gasteiger partial charge on any atom is 0.248 e. The van der Waals surface area contributed by atoms with E-state index in [1.54, 1.807) is 13.8 Å². The highest BCUT2D eigenvalue weighted by Crippen LogP contribution is 2.28. The lowest BCUT2D eigenvalue weighted by molar-refractivity contribution is 0.308. The van der Waals surface area contributed by atoms with Crippen LogP contribution in [0.1, 0.15) is 17.1 Å². The predicted octanol–water partition coefficient (Wildman–Crippen LogP) is 0.462. The normalized spacial score (nSPS) is 15.4. The summed E-state index contributed by atoms with van der Waals surface area (Å²) in [4.78, 5) is 10.1. The lowest BCUT2D eigenvalue weighted by Crippen LogP contribution is -2.60. The monoisotopic (exact) mass is 348 g/mol. The molecule has 0 aliphatic carbocycles. The highest BCUT2D eigenvalue weighted by Gasteiger charge is 2.40. The summed E-state index contributed by atoms with van der Waals surface area (Å²) in [5.74, 6) is 0.746. The molecule has 0 N–H and O–H groups in total. The van der Waals surface area contributed by atoms with Gasteiger partial charge in [-0.15, -0.1) is 0 Å². The molecule has 1 aliphatic heterocycles. The van der Waals surface area contributed by atoms with E-state index in [1.165, 1.54) is 23.7 Å². The Kier molecular flexibility index (Phi) is 3.98. The Bertz CT molecular complexity index is 891. The van der Waals surface area contributed by atoms with Gasteiger partial charge < -0.3 is 9.42 Å². The molecule has 126 valence electrons. The van der Waals surface area contributed by atoms with Gasteiger partial charge in [-0.25, -0.2) is 18.4 Å². The fourth-order valence-corrected chi connectivity index (χ4v) is 4.31. The smallest absolute Gasteiger partial charge is 0.248 e. The first kappa shape index (κ1) is 16.4. The number of anilines is 1. The van der Waals surface area contributed by atoms with Crippen LogP contribution in [0.4, 0.5) is 5.82 Å². The molecule has 1 saturated heterocycles. The number of sulfonamides is 1. The van der Waals surface area contributed by atoms with Crippen LogP contribution in [0.5, 0.6) is 0 Å². The Morgan fingerprint density at radius 2 is 2.00 bits per heavy atom. The number of hydrogen-bond donors (Lipinski definition) is 0. The number of aryl methyl sites for hydroxylation is 2. The van der Waals surface area contributed by atoms with Crippen LogP contribution in [-0.2, 0) is 10.0 Å². The van der Waals surface area contributed by atoms with Crippen molar-refractivity contribution < 1.29 is 12.9 Å². The Morgan fingerprint density at radius 3 is 2.58 bits per heavy atom. The predicted molar refractivity (Wildman–Crippen MR) is 83.7 cm³/mol. The highest BCUT2D eigenvalue weighted by atomic mass is 32.2. The van der Waals surface area contributed by atoms with Crippen LogP contribution in [-0.4, -0.2) is 54.0 Å². The lowest BCUT2D eigenvalue weighted by Gasteiger charge is -2.43. The van der Waals surface area contributed by atoms with Crippen LogP contribution in [0.25, 0.3) is 0 Å². The molecule has 3 heterocycles. The minimum Gasteiger partial charge on any atom is -0.360 e. The van der Waals surface area contributed by atoms with Crippen LogP contribution in [0.2, 0.25) is 0 Å². The number of rotatable bonds is 4. The molecule has 2 aromatic rings. The van der Waals surface area contributed by atoms with Gasteiger partial charge in [-0.05, 0) is 13.8 Å². The van der Waals surface area contributed by atoms with Gasteiger partial charge in [0.05, 0.1) is 6.04 Å². The van der Waals surface area contributed by atoms with Crippen molar-refractivity contribution in [3.05, 3.63) is 29.5 Å². The van der Waals surface area contributed by atoms with Crippen molar-refractivity contribution in [1.82, 2.24) is 19.4 Å². The SMILES string of the molecule is Cc1noc(C)c1S(=O)(=O)N(C)C1CN(c2nccnc2C#N)C1. The molecule has 0 saturated carbocycles. The van der Waals surface area contributed by atoms with E-state index in [1.807, 2.05) is 11.0 Å². The standard InChI is InChI=1S/C14H16N6O3S/c1-9-13(10(2)23-18-9)24(21,22)19(3)11-7-20(8-11)14-12(6-15)16-4-5-17-14/h4-5,11H,7-8H2,1-3H3. The summed E-state index contributed by atoms with van der Waals surface area (Å²) in [6.45, 7) is 4.05. The fourth-order valence-electron chi connectivity index (χ4n) is 2.68. The van der Waals surface area contributed by atoms with E-state index in [2.05, 4.69) is 15.1 Å².